The van der Waals surface area contributed by atoms with Crippen molar-refractivity contribution in [2.24, 2.45) is 0 Å². The standard InChI is InChI=1S/C11H6Br2F6O3/c12-4-7(20)5-1-2-8(6(13)3-5)21-10(15,16)9(14)22-11(17,18)19/h1-3,9H,4H2/t9-/m0/s1. The second kappa shape index (κ2) is 7.18. The van der Waals surface area contributed by atoms with Crippen LogP contribution in [0.4, 0.5) is 26.3 Å². The minimum atomic E-state index is -5.59. The number of Topliss-reactive ketones (excluding diaryl/α,β-unsaturated/α-hetero) is 1. The molecule has 0 amide bonds. The van der Waals surface area contributed by atoms with Gasteiger partial charge >= 0.3 is 18.8 Å². The van der Waals surface area contributed by atoms with Crippen LogP contribution in [0.5, 0.6) is 5.75 Å². The zero-order valence-electron chi connectivity index (χ0n) is 10.3. The maximum atomic E-state index is 13.2. The van der Waals surface area contributed by atoms with Gasteiger partial charge in [-0.3, -0.25) is 4.79 Å². The average molecular weight is 460 g/mol. The third-order valence-electron chi connectivity index (χ3n) is 2.12. The molecule has 0 saturated carbocycles. The lowest BCUT2D eigenvalue weighted by molar-refractivity contribution is -0.411. The van der Waals surface area contributed by atoms with E-state index < -0.39 is 24.6 Å². The highest BCUT2D eigenvalue weighted by molar-refractivity contribution is 9.10. The van der Waals surface area contributed by atoms with E-state index in [4.69, 9.17) is 0 Å². The smallest absolute Gasteiger partial charge is 0.427 e. The van der Waals surface area contributed by atoms with Gasteiger partial charge in [0.15, 0.2) is 5.78 Å². The Kier molecular flexibility index (Phi) is 6.27. The first-order valence-corrected chi connectivity index (χ1v) is 7.22. The van der Waals surface area contributed by atoms with Crippen LogP contribution < -0.4 is 4.74 Å². The van der Waals surface area contributed by atoms with Crippen molar-refractivity contribution in [2.45, 2.75) is 18.8 Å². The number of ether oxygens (including phenoxy) is 2. The molecule has 1 atom stereocenters. The Bertz CT molecular complexity index is 549. The molecule has 11 heteroatoms. The third kappa shape index (κ3) is 5.43. The summed E-state index contributed by atoms with van der Waals surface area (Å²) in [6.07, 6.45) is -14.5. The van der Waals surface area contributed by atoms with Gasteiger partial charge in [-0.2, -0.15) is 8.78 Å². The van der Waals surface area contributed by atoms with E-state index >= 15 is 0 Å². The van der Waals surface area contributed by atoms with E-state index in [0.717, 1.165) is 18.2 Å². The number of hydrogen-bond acceptors (Lipinski definition) is 3. The third-order valence-corrected chi connectivity index (χ3v) is 3.25. The van der Waals surface area contributed by atoms with Crippen LogP contribution in [0.3, 0.4) is 0 Å². The first-order chi connectivity index (χ1) is 9.96. The van der Waals surface area contributed by atoms with Gasteiger partial charge in [-0.15, -0.1) is 13.2 Å². The molecule has 0 aliphatic carbocycles. The summed E-state index contributed by atoms with van der Waals surface area (Å²) in [5.74, 6) is -1.03. The van der Waals surface area contributed by atoms with E-state index in [2.05, 4.69) is 41.3 Å². The van der Waals surface area contributed by atoms with E-state index in [1.807, 2.05) is 0 Å². The molecule has 0 aromatic heterocycles. The van der Waals surface area contributed by atoms with Crippen molar-refractivity contribution in [1.82, 2.24) is 0 Å². The molecule has 3 nitrogen and oxygen atoms in total. The minimum Gasteiger partial charge on any atom is -0.427 e. The molecular formula is C11H6Br2F6O3. The van der Waals surface area contributed by atoms with Crippen molar-refractivity contribution in [1.29, 1.82) is 0 Å². The summed E-state index contributed by atoms with van der Waals surface area (Å²) < 4.78 is 80.8. The number of carbonyl (C=O) groups is 1. The zero-order chi connectivity index (χ0) is 17.1. The van der Waals surface area contributed by atoms with Crippen molar-refractivity contribution in [3.05, 3.63) is 28.2 Å². The molecule has 0 unspecified atom stereocenters. The summed E-state index contributed by atoms with van der Waals surface area (Å²) in [6.45, 7) is 0. The Morgan fingerprint density at radius 2 is 1.82 bits per heavy atom. The maximum Gasteiger partial charge on any atom is 0.525 e. The number of benzene rings is 1. The predicted octanol–water partition coefficient (Wildman–Crippen LogP) is 4.83. The number of ketones is 1. The van der Waals surface area contributed by atoms with E-state index in [-0.39, 0.29) is 21.1 Å². The molecule has 22 heavy (non-hydrogen) atoms. The fourth-order valence-corrected chi connectivity index (χ4v) is 2.00. The molecule has 1 aromatic carbocycles. The summed E-state index contributed by atoms with van der Waals surface area (Å²) in [4.78, 5) is 11.4. The fraction of sp³-hybridized carbons (Fsp3) is 0.364. The van der Waals surface area contributed by atoms with Gasteiger partial charge in [0.2, 0.25) is 0 Å². The molecular weight excluding hydrogens is 454 g/mol. The highest BCUT2D eigenvalue weighted by atomic mass is 79.9. The molecule has 0 heterocycles. The quantitative estimate of drug-likeness (QED) is 0.347. The monoisotopic (exact) mass is 458 g/mol. The maximum absolute atomic E-state index is 13.2. The SMILES string of the molecule is O=C(CBr)c1ccc(OC(F)(F)[C@@H](F)OC(F)(F)F)c(Br)c1. The van der Waals surface area contributed by atoms with Crippen molar-refractivity contribution >= 4 is 37.6 Å². The number of hydrogen-bond donors (Lipinski definition) is 0. The van der Waals surface area contributed by atoms with Crippen LogP contribution in [-0.4, -0.2) is 29.9 Å². The van der Waals surface area contributed by atoms with Crippen LogP contribution in [0.1, 0.15) is 10.4 Å². The second-order valence-electron chi connectivity index (χ2n) is 3.75. The van der Waals surface area contributed by atoms with Gasteiger partial charge in [0.1, 0.15) is 5.75 Å². The summed E-state index contributed by atoms with van der Waals surface area (Å²) in [7, 11) is 0. The molecule has 0 fully saturated rings. The second-order valence-corrected chi connectivity index (χ2v) is 5.16. The number of alkyl halides is 7. The molecule has 0 aliphatic heterocycles. The predicted molar refractivity (Wildman–Crippen MR) is 69.9 cm³/mol. The van der Waals surface area contributed by atoms with Gasteiger partial charge in [0.25, 0.3) is 0 Å². The Balaban J connectivity index is 2.91. The normalized spacial score (nSPS) is 13.8. The van der Waals surface area contributed by atoms with Crippen molar-refractivity contribution in [3.8, 4) is 5.75 Å². The van der Waals surface area contributed by atoms with E-state index in [1.165, 1.54) is 0 Å². The van der Waals surface area contributed by atoms with Crippen molar-refractivity contribution in [2.75, 3.05) is 5.33 Å². The molecule has 124 valence electrons. The lowest BCUT2D eigenvalue weighted by Crippen LogP contribution is -2.41. The summed E-state index contributed by atoms with van der Waals surface area (Å²) in [6, 6.07) is 3.08. The highest BCUT2D eigenvalue weighted by Gasteiger charge is 2.50. The molecule has 0 spiro atoms. The highest BCUT2D eigenvalue weighted by Crippen LogP contribution is 2.35. The lowest BCUT2D eigenvalue weighted by Gasteiger charge is -2.22. The Morgan fingerprint density at radius 1 is 1.23 bits per heavy atom. The zero-order valence-corrected chi connectivity index (χ0v) is 13.4. The van der Waals surface area contributed by atoms with E-state index in [9.17, 15) is 31.1 Å². The van der Waals surface area contributed by atoms with Crippen LogP contribution in [0, 0.1) is 0 Å². The molecule has 1 rings (SSSR count). The molecule has 0 saturated heterocycles. The van der Waals surface area contributed by atoms with Crippen LogP contribution in [0.15, 0.2) is 22.7 Å². The van der Waals surface area contributed by atoms with Crippen LogP contribution in [0.2, 0.25) is 0 Å². The minimum absolute atomic E-state index is 0.0260. The largest absolute Gasteiger partial charge is 0.525 e. The molecule has 0 bridgehead atoms. The lowest BCUT2D eigenvalue weighted by atomic mass is 10.1. The fourth-order valence-electron chi connectivity index (χ4n) is 1.21. The summed E-state index contributed by atoms with van der Waals surface area (Å²) in [5.41, 5.74) is 0.128. The van der Waals surface area contributed by atoms with Crippen LogP contribution >= 0.6 is 31.9 Å². The van der Waals surface area contributed by atoms with Gasteiger partial charge in [-0.25, -0.2) is 9.13 Å². The average Bonchev–Trinajstić information content (AvgIpc) is 2.38. The summed E-state index contributed by atoms with van der Waals surface area (Å²) >= 11 is 5.70. The molecule has 0 aliphatic rings. The van der Waals surface area contributed by atoms with Crippen LogP contribution in [-0.2, 0) is 4.74 Å². The number of halogens is 8. The van der Waals surface area contributed by atoms with Gasteiger partial charge in [-0.1, -0.05) is 15.9 Å². The van der Waals surface area contributed by atoms with E-state index in [0.29, 0.717) is 0 Å². The number of rotatable bonds is 6. The van der Waals surface area contributed by atoms with Crippen molar-refractivity contribution < 1.29 is 40.6 Å². The van der Waals surface area contributed by atoms with E-state index in [1.54, 1.807) is 0 Å². The Morgan fingerprint density at radius 3 is 2.27 bits per heavy atom. The van der Waals surface area contributed by atoms with Gasteiger partial charge in [-0.05, 0) is 34.1 Å². The number of carbonyl (C=O) groups excluding carboxylic acids is 1. The van der Waals surface area contributed by atoms with Gasteiger partial charge in [0.05, 0.1) is 9.80 Å². The molecule has 0 radical (unpaired) electrons. The van der Waals surface area contributed by atoms with Crippen LogP contribution in [0.25, 0.3) is 0 Å². The Hall–Kier alpha value is -0.810. The first kappa shape index (κ1) is 19.2. The van der Waals surface area contributed by atoms with Gasteiger partial charge in [0, 0.05) is 5.56 Å². The Labute approximate surface area is 136 Å². The molecule has 0 N–H and O–H groups in total. The van der Waals surface area contributed by atoms with Gasteiger partial charge < -0.3 is 4.74 Å². The molecule has 1 aromatic rings. The first-order valence-electron chi connectivity index (χ1n) is 5.30. The summed E-state index contributed by atoms with van der Waals surface area (Å²) in [5, 5.41) is -0.0260. The van der Waals surface area contributed by atoms with Crippen molar-refractivity contribution in [3.63, 3.8) is 0 Å². The topological polar surface area (TPSA) is 35.5 Å².